The molecule has 1 amide bonds. The summed E-state index contributed by atoms with van der Waals surface area (Å²) in [5.41, 5.74) is 2.57. The molecular weight excluding hydrogens is 626 g/mol. The topological polar surface area (TPSA) is 155 Å². The van der Waals surface area contributed by atoms with Gasteiger partial charge in [0.1, 0.15) is 11.4 Å². The summed E-state index contributed by atoms with van der Waals surface area (Å²) in [4.78, 5) is 31.6. The van der Waals surface area contributed by atoms with Gasteiger partial charge in [0, 0.05) is 37.2 Å². The molecule has 1 aliphatic heterocycles. The number of fused-ring (bicyclic) bond motifs is 1. The normalized spacial score (nSPS) is 18.8. The quantitative estimate of drug-likeness (QED) is 0.162. The van der Waals surface area contributed by atoms with E-state index in [0.717, 1.165) is 24.0 Å². The maximum Gasteiger partial charge on any atom is 0.421 e. The molecule has 0 spiro atoms. The van der Waals surface area contributed by atoms with Crippen molar-refractivity contribution in [1.29, 1.82) is 0 Å². The molecule has 1 aliphatic carbocycles. The zero-order valence-electron chi connectivity index (χ0n) is 24.6. The molecule has 1 fully saturated rings. The Bertz CT molecular complexity index is 1780. The van der Waals surface area contributed by atoms with Gasteiger partial charge < -0.3 is 30.1 Å². The van der Waals surface area contributed by atoms with Gasteiger partial charge in [0.05, 0.1) is 36.2 Å². The first-order chi connectivity index (χ1) is 22.0. The molecule has 46 heavy (non-hydrogen) atoms. The number of amides is 1. The maximum atomic E-state index is 14.1. The molecule has 3 heterocycles. The van der Waals surface area contributed by atoms with E-state index in [4.69, 9.17) is 9.42 Å². The van der Waals surface area contributed by atoms with Crippen molar-refractivity contribution in [2.45, 2.75) is 57.2 Å². The number of hydrogen-bond acceptors (Lipinski definition) is 9. The second-order valence-corrected chi connectivity index (χ2v) is 12.1. The van der Waals surface area contributed by atoms with Crippen LogP contribution in [-0.2, 0) is 28.4 Å². The standard InChI is InChI=1S/C30H31F3N7O5P/c1-39-15-23-22(18-12-35-40(14-18)20-6-8-21(41)9-7-20)10-11-25(26(23)28(39)42)37-27-24(30(31,32)33)13-34-29(38-27)36-19-4-2-17(3-5-19)16-45-46(43)44/h2-5,10-14,20-21,41,46H,6-9,15-16H2,1H3,(H,43,44)(H2,34,36,37,38)/t20-,21-. The van der Waals surface area contributed by atoms with E-state index in [9.17, 15) is 27.6 Å². The fourth-order valence-corrected chi connectivity index (χ4v) is 6.05. The average Bonchev–Trinajstić information content (AvgIpc) is 3.62. The number of hydrogen-bond donors (Lipinski definition) is 4. The zero-order chi connectivity index (χ0) is 32.6. The maximum absolute atomic E-state index is 14.1. The van der Waals surface area contributed by atoms with Crippen molar-refractivity contribution < 1.29 is 37.1 Å². The molecule has 4 aromatic rings. The molecule has 2 aromatic carbocycles. The second kappa shape index (κ2) is 12.8. The molecule has 1 saturated carbocycles. The van der Waals surface area contributed by atoms with Crippen LogP contribution in [0.1, 0.15) is 58.8 Å². The lowest BCUT2D eigenvalue weighted by atomic mass is 9.93. The zero-order valence-corrected chi connectivity index (χ0v) is 25.6. The molecule has 242 valence electrons. The number of aliphatic hydroxyl groups excluding tert-OH is 1. The van der Waals surface area contributed by atoms with Crippen LogP contribution in [-0.4, -0.2) is 53.7 Å². The molecule has 2 aromatic heterocycles. The van der Waals surface area contributed by atoms with Crippen LogP contribution in [0.25, 0.3) is 11.1 Å². The first kappa shape index (κ1) is 31.7. The summed E-state index contributed by atoms with van der Waals surface area (Å²) in [6, 6.07) is 9.91. The Morgan fingerprint density at radius 3 is 2.50 bits per heavy atom. The number of benzene rings is 2. The summed E-state index contributed by atoms with van der Waals surface area (Å²) in [5, 5.41) is 20.0. The van der Waals surface area contributed by atoms with Crippen LogP contribution in [0.15, 0.2) is 55.0 Å². The number of alkyl halides is 3. The van der Waals surface area contributed by atoms with Crippen LogP contribution in [0.2, 0.25) is 0 Å². The Labute approximate surface area is 262 Å². The van der Waals surface area contributed by atoms with Gasteiger partial charge in [-0.1, -0.05) is 18.2 Å². The molecule has 6 rings (SSSR count). The molecule has 4 N–H and O–H groups in total. The van der Waals surface area contributed by atoms with E-state index in [1.54, 1.807) is 49.6 Å². The van der Waals surface area contributed by atoms with Gasteiger partial charge in [-0.25, -0.2) is 4.98 Å². The van der Waals surface area contributed by atoms with Crippen LogP contribution in [0.3, 0.4) is 0 Å². The molecule has 0 radical (unpaired) electrons. The van der Waals surface area contributed by atoms with E-state index in [1.807, 2.05) is 10.9 Å². The van der Waals surface area contributed by atoms with Crippen LogP contribution < -0.4 is 10.6 Å². The monoisotopic (exact) mass is 657 g/mol. The minimum absolute atomic E-state index is 0.0791. The lowest BCUT2D eigenvalue weighted by molar-refractivity contribution is -0.137. The molecular formula is C30H31F3N7O5P. The van der Waals surface area contributed by atoms with Gasteiger partial charge in [-0.05, 0) is 60.6 Å². The van der Waals surface area contributed by atoms with E-state index in [2.05, 4.69) is 25.7 Å². The summed E-state index contributed by atoms with van der Waals surface area (Å²) >= 11 is 0. The van der Waals surface area contributed by atoms with Crippen LogP contribution in [0.5, 0.6) is 0 Å². The SMILES string of the molecule is CN1Cc2c(-c3cnn([C@H]4CC[C@H](O)CC4)c3)ccc(Nc3nc(Nc4ccc(CO[PH](=O)O)cc4)ncc3C(F)(F)F)c2C1=O. The van der Waals surface area contributed by atoms with E-state index < -0.39 is 25.8 Å². The average molecular weight is 658 g/mol. The number of anilines is 4. The minimum atomic E-state index is -4.79. The van der Waals surface area contributed by atoms with Gasteiger partial charge in [0.25, 0.3) is 5.91 Å². The summed E-state index contributed by atoms with van der Waals surface area (Å²) < 4.78 is 59.6. The van der Waals surface area contributed by atoms with Gasteiger partial charge >= 0.3 is 14.4 Å². The van der Waals surface area contributed by atoms with Crippen molar-refractivity contribution in [2.24, 2.45) is 0 Å². The number of nitrogens with one attached hydrogen (secondary N) is 2. The van der Waals surface area contributed by atoms with Crippen molar-refractivity contribution >= 4 is 37.3 Å². The van der Waals surface area contributed by atoms with Crippen LogP contribution >= 0.6 is 8.25 Å². The van der Waals surface area contributed by atoms with Crippen molar-refractivity contribution in [3.05, 3.63) is 77.2 Å². The van der Waals surface area contributed by atoms with Gasteiger partial charge in [-0.2, -0.15) is 23.3 Å². The van der Waals surface area contributed by atoms with Crippen molar-refractivity contribution in [1.82, 2.24) is 24.6 Å². The van der Waals surface area contributed by atoms with Crippen molar-refractivity contribution in [3.8, 4) is 11.1 Å². The van der Waals surface area contributed by atoms with Gasteiger partial charge in [0.15, 0.2) is 0 Å². The predicted molar refractivity (Wildman–Crippen MR) is 163 cm³/mol. The molecule has 12 nitrogen and oxygen atoms in total. The number of nitrogens with zero attached hydrogens (tertiary/aromatic N) is 5. The third kappa shape index (κ3) is 6.77. The first-order valence-electron chi connectivity index (χ1n) is 14.5. The van der Waals surface area contributed by atoms with Crippen molar-refractivity contribution in [2.75, 3.05) is 17.7 Å². The number of carbonyl (C=O) groups excluding carboxylic acids is 1. The lowest BCUT2D eigenvalue weighted by Gasteiger charge is -2.25. The Kier molecular flexibility index (Phi) is 8.84. The predicted octanol–water partition coefficient (Wildman–Crippen LogP) is 5.81. The molecule has 1 unspecified atom stereocenters. The molecule has 0 bridgehead atoms. The summed E-state index contributed by atoms with van der Waals surface area (Å²) in [6.07, 6.45) is 2.22. The van der Waals surface area contributed by atoms with Crippen LogP contribution in [0.4, 0.5) is 36.3 Å². The van der Waals surface area contributed by atoms with E-state index >= 15 is 0 Å². The first-order valence-corrected chi connectivity index (χ1v) is 15.8. The number of aliphatic hydroxyl groups is 1. The highest BCUT2D eigenvalue weighted by molar-refractivity contribution is 7.32. The number of rotatable bonds is 9. The fraction of sp³-hybridized carbons (Fsp3) is 0.333. The Balaban J connectivity index is 1.30. The lowest BCUT2D eigenvalue weighted by Crippen LogP contribution is -2.21. The number of halogens is 3. The van der Waals surface area contributed by atoms with E-state index in [-0.39, 0.29) is 48.4 Å². The third-order valence-corrected chi connectivity index (χ3v) is 8.53. The minimum Gasteiger partial charge on any atom is -0.393 e. The number of aromatic nitrogens is 4. The van der Waals surface area contributed by atoms with Gasteiger partial charge in [-0.3, -0.25) is 14.0 Å². The highest BCUT2D eigenvalue weighted by Crippen LogP contribution is 2.41. The van der Waals surface area contributed by atoms with Crippen LogP contribution in [0, 0.1) is 0 Å². The fourth-order valence-electron chi connectivity index (χ4n) is 5.76. The Morgan fingerprint density at radius 2 is 1.80 bits per heavy atom. The largest absolute Gasteiger partial charge is 0.421 e. The van der Waals surface area contributed by atoms with E-state index in [0.29, 0.717) is 35.9 Å². The summed E-state index contributed by atoms with van der Waals surface area (Å²) in [5.74, 6) is -1.00. The summed E-state index contributed by atoms with van der Waals surface area (Å²) in [6.45, 7) is 0.184. The molecule has 0 saturated heterocycles. The summed E-state index contributed by atoms with van der Waals surface area (Å²) in [7, 11) is -1.46. The molecule has 2 aliphatic rings. The highest BCUT2D eigenvalue weighted by Gasteiger charge is 2.37. The van der Waals surface area contributed by atoms with Gasteiger partial charge in [-0.15, -0.1) is 0 Å². The van der Waals surface area contributed by atoms with E-state index in [1.165, 1.54) is 4.90 Å². The molecule has 1 atom stereocenters. The third-order valence-electron chi connectivity index (χ3n) is 8.14. The van der Waals surface area contributed by atoms with Gasteiger partial charge in [0.2, 0.25) is 5.95 Å². The Morgan fingerprint density at radius 1 is 1.07 bits per heavy atom. The smallest absolute Gasteiger partial charge is 0.393 e. The molecule has 16 heteroatoms. The Hall–Kier alpha value is -4.30. The highest BCUT2D eigenvalue weighted by atomic mass is 31.1. The number of carbonyl (C=O) groups is 1. The van der Waals surface area contributed by atoms with Crippen molar-refractivity contribution in [3.63, 3.8) is 0 Å². The second-order valence-electron chi connectivity index (χ2n) is 11.3.